The quantitative estimate of drug-likeness (QED) is 0.670. The zero-order valence-corrected chi connectivity index (χ0v) is 14.7. The molecule has 25 heavy (non-hydrogen) atoms. The van der Waals surface area contributed by atoms with E-state index >= 15 is 0 Å². The predicted molar refractivity (Wildman–Crippen MR) is 91.2 cm³/mol. The Labute approximate surface area is 149 Å². The monoisotopic (exact) mass is 385 g/mol. The Hall–Kier alpha value is -2.13. The van der Waals surface area contributed by atoms with Crippen LogP contribution in [0.4, 0.5) is 0 Å². The molecule has 2 rings (SSSR count). The maximum absolute atomic E-state index is 12.3. The molecule has 0 bridgehead atoms. The number of methoxy groups -OCH3 is 1. The van der Waals surface area contributed by atoms with Crippen LogP contribution < -0.4 is 9.46 Å². The summed E-state index contributed by atoms with van der Waals surface area (Å²) in [6, 6.07) is 9.42. The number of carbonyl (C=O) groups is 1. The summed E-state index contributed by atoms with van der Waals surface area (Å²) in [4.78, 5) is 11.3. The number of halogens is 1. The normalized spacial score (nSPS) is 13.9. The zero-order chi connectivity index (χ0) is 18.6. The van der Waals surface area contributed by atoms with Gasteiger partial charge in [0.15, 0.2) is 0 Å². The van der Waals surface area contributed by atoms with Crippen LogP contribution in [0, 0.1) is 0 Å². The van der Waals surface area contributed by atoms with Crippen molar-refractivity contribution in [3.8, 4) is 5.75 Å². The highest BCUT2D eigenvalue weighted by molar-refractivity contribution is 7.89. The highest BCUT2D eigenvalue weighted by Gasteiger charge is 2.32. The van der Waals surface area contributed by atoms with Gasteiger partial charge < -0.3 is 14.9 Å². The Morgan fingerprint density at radius 3 is 2.16 bits per heavy atom. The molecule has 0 radical (unpaired) electrons. The average Bonchev–Trinajstić information content (AvgIpc) is 2.59. The standard InChI is InChI=1S/C16H16ClNO6S/c1-24-12-6-2-10(3-7-12)15(19)14(16(20)21)18-25(22,23)13-8-4-11(17)5-9-13/h2-9,14-15,18-19H,1H3,(H,20,21). The van der Waals surface area contributed by atoms with Crippen LogP contribution in [0.5, 0.6) is 5.75 Å². The van der Waals surface area contributed by atoms with Crippen LogP contribution in [0.15, 0.2) is 53.4 Å². The van der Waals surface area contributed by atoms with Crippen molar-refractivity contribution >= 4 is 27.6 Å². The number of carboxylic acid groups (broad SMARTS) is 1. The van der Waals surface area contributed by atoms with Crippen LogP contribution in [0.2, 0.25) is 5.02 Å². The van der Waals surface area contributed by atoms with Gasteiger partial charge in [-0.1, -0.05) is 23.7 Å². The maximum Gasteiger partial charge on any atom is 0.324 e. The van der Waals surface area contributed by atoms with Crippen molar-refractivity contribution in [1.29, 1.82) is 0 Å². The molecule has 0 saturated heterocycles. The Morgan fingerprint density at radius 1 is 1.12 bits per heavy atom. The molecule has 134 valence electrons. The maximum atomic E-state index is 12.3. The summed E-state index contributed by atoms with van der Waals surface area (Å²) in [7, 11) is -2.70. The van der Waals surface area contributed by atoms with Gasteiger partial charge in [-0.25, -0.2) is 8.42 Å². The first-order valence-electron chi connectivity index (χ1n) is 7.07. The highest BCUT2D eigenvalue weighted by Crippen LogP contribution is 2.22. The van der Waals surface area contributed by atoms with E-state index in [-0.39, 0.29) is 10.5 Å². The second-order valence-electron chi connectivity index (χ2n) is 5.11. The second-order valence-corrected chi connectivity index (χ2v) is 7.26. The molecule has 9 heteroatoms. The van der Waals surface area contributed by atoms with Crippen molar-refractivity contribution in [3.63, 3.8) is 0 Å². The van der Waals surface area contributed by atoms with E-state index in [1.54, 1.807) is 0 Å². The molecule has 3 N–H and O–H groups in total. The summed E-state index contributed by atoms with van der Waals surface area (Å²) in [6.45, 7) is 0. The first-order valence-corrected chi connectivity index (χ1v) is 8.93. The lowest BCUT2D eigenvalue weighted by atomic mass is 10.0. The van der Waals surface area contributed by atoms with Crippen LogP contribution in [0.25, 0.3) is 0 Å². The molecular formula is C16H16ClNO6S. The third-order valence-electron chi connectivity index (χ3n) is 3.45. The molecule has 0 aliphatic rings. The van der Waals surface area contributed by atoms with Gasteiger partial charge in [0.1, 0.15) is 17.9 Å². The fraction of sp³-hybridized carbons (Fsp3) is 0.188. The Bertz CT molecular complexity index is 836. The number of nitrogens with one attached hydrogen (secondary N) is 1. The molecule has 0 saturated carbocycles. The zero-order valence-electron chi connectivity index (χ0n) is 13.1. The summed E-state index contributed by atoms with van der Waals surface area (Å²) in [5.74, 6) is -0.995. The first-order chi connectivity index (χ1) is 11.7. The van der Waals surface area contributed by atoms with Gasteiger partial charge in [0, 0.05) is 5.02 Å². The van der Waals surface area contributed by atoms with Gasteiger partial charge >= 0.3 is 5.97 Å². The Morgan fingerprint density at radius 2 is 1.68 bits per heavy atom. The molecule has 0 spiro atoms. The Balaban J connectivity index is 2.27. The molecule has 0 aromatic heterocycles. The summed E-state index contributed by atoms with van der Waals surface area (Å²) >= 11 is 5.71. The van der Waals surface area contributed by atoms with Crippen LogP contribution >= 0.6 is 11.6 Å². The molecule has 2 unspecified atom stereocenters. The number of sulfonamides is 1. The number of aliphatic hydroxyl groups excluding tert-OH is 1. The minimum atomic E-state index is -4.16. The number of rotatable bonds is 7. The molecule has 0 aliphatic carbocycles. The molecule has 0 fully saturated rings. The fourth-order valence-corrected chi connectivity index (χ4v) is 3.41. The predicted octanol–water partition coefficient (Wildman–Crippen LogP) is 1.81. The fourth-order valence-electron chi connectivity index (χ4n) is 2.09. The van der Waals surface area contributed by atoms with Gasteiger partial charge in [-0.2, -0.15) is 4.72 Å². The van der Waals surface area contributed by atoms with E-state index < -0.39 is 28.1 Å². The molecule has 0 amide bonds. The van der Waals surface area contributed by atoms with Gasteiger partial charge in [-0.3, -0.25) is 4.79 Å². The number of aliphatic hydroxyl groups is 1. The second kappa shape index (κ2) is 7.83. The van der Waals surface area contributed by atoms with Crippen molar-refractivity contribution in [3.05, 3.63) is 59.1 Å². The van der Waals surface area contributed by atoms with Gasteiger partial charge in [0.2, 0.25) is 10.0 Å². The van der Waals surface area contributed by atoms with Gasteiger partial charge in [0.05, 0.1) is 12.0 Å². The first kappa shape index (κ1) is 19.2. The van der Waals surface area contributed by atoms with Crippen molar-refractivity contribution < 1.29 is 28.2 Å². The van der Waals surface area contributed by atoms with Gasteiger partial charge in [0.25, 0.3) is 0 Å². The van der Waals surface area contributed by atoms with Crippen molar-refractivity contribution in [2.45, 2.75) is 17.0 Å². The highest BCUT2D eigenvalue weighted by atomic mass is 35.5. The van der Waals surface area contributed by atoms with E-state index in [4.69, 9.17) is 16.3 Å². The van der Waals surface area contributed by atoms with Crippen LogP contribution in [0.3, 0.4) is 0 Å². The van der Waals surface area contributed by atoms with Crippen LogP contribution in [-0.4, -0.2) is 37.8 Å². The van der Waals surface area contributed by atoms with E-state index in [0.717, 1.165) is 0 Å². The van der Waals surface area contributed by atoms with Crippen molar-refractivity contribution in [1.82, 2.24) is 4.72 Å². The topological polar surface area (TPSA) is 113 Å². The smallest absolute Gasteiger partial charge is 0.324 e. The molecule has 0 heterocycles. The number of carboxylic acids is 1. The van der Waals surface area contributed by atoms with E-state index in [2.05, 4.69) is 0 Å². The van der Waals surface area contributed by atoms with Crippen LogP contribution in [-0.2, 0) is 14.8 Å². The van der Waals surface area contributed by atoms with Crippen molar-refractivity contribution in [2.75, 3.05) is 7.11 Å². The lowest BCUT2D eigenvalue weighted by Crippen LogP contribution is -2.44. The van der Waals surface area contributed by atoms with E-state index in [1.807, 2.05) is 4.72 Å². The molecular weight excluding hydrogens is 370 g/mol. The number of benzene rings is 2. The molecule has 0 aliphatic heterocycles. The number of aliphatic carboxylic acids is 1. The molecule has 2 atom stereocenters. The third-order valence-corrected chi connectivity index (χ3v) is 5.15. The largest absolute Gasteiger partial charge is 0.497 e. The summed E-state index contributed by atoms with van der Waals surface area (Å²) in [5.41, 5.74) is 0.229. The number of ether oxygens (including phenoxy) is 1. The third kappa shape index (κ3) is 4.70. The number of hydrogen-bond donors (Lipinski definition) is 3. The van der Waals surface area contributed by atoms with Crippen molar-refractivity contribution in [2.24, 2.45) is 0 Å². The lowest BCUT2D eigenvalue weighted by Gasteiger charge is -2.21. The Kier molecular flexibility index (Phi) is 6.02. The van der Waals surface area contributed by atoms with E-state index in [9.17, 15) is 23.4 Å². The number of hydrogen-bond acceptors (Lipinski definition) is 5. The van der Waals surface area contributed by atoms with E-state index in [1.165, 1.54) is 55.6 Å². The summed E-state index contributed by atoms with van der Waals surface area (Å²) in [6.07, 6.45) is -1.59. The van der Waals surface area contributed by atoms with Gasteiger partial charge in [-0.05, 0) is 42.0 Å². The van der Waals surface area contributed by atoms with Crippen LogP contribution in [0.1, 0.15) is 11.7 Å². The lowest BCUT2D eigenvalue weighted by molar-refractivity contribution is -0.141. The molecule has 2 aromatic rings. The summed E-state index contributed by atoms with van der Waals surface area (Å²) in [5, 5.41) is 20.0. The average molecular weight is 386 g/mol. The summed E-state index contributed by atoms with van der Waals surface area (Å²) < 4.78 is 31.7. The minimum absolute atomic E-state index is 0.162. The van der Waals surface area contributed by atoms with Gasteiger partial charge in [-0.15, -0.1) is 0 Å². The molecule has 7 nitrogen and oxygen atoms in total. The minimum Gasteiger partial charge on any atom is -0.497 e. The molecule has 2 aromatic carbocycles. The SMILES string of the molecule is COc1ccc(C(O)C(NS(=O)(=O)c2ccc(Cl)cc2)C(=O)O)cc1. The van der Waals surface area contributed by atoms with E-state index in [0.29, 0.717) is 10.8 Å².